The van der Waals surface area contributed by atoms with Crippen LogP contribution in [0.25, 0.3) is 0 Å². The number of nitrogens with zero attached hydrogens (tertiary/aromatic N) is 1. The van der Waals surface area contributed by atoms with Crippen LogP contribution in [0.2, 0.25) is 0 Å². The van der Waals surface area contributed by atoms with Gasteiger partial charge in [-0.25, -0.2) is 4.79 Å². The number of carboxylic acids is 1. The molecule has 0 bridgehead atoms. The number of rotatable bonds is 5. The van der Waals surface area contributed by atoms with Crippen LogP contribution in [0.4, 0.5) is 5.69 Å². The number of hydrogen-bond donors (Lipinski definition) is 2. The zero-order valence-electron chi connectivity index (χ0n) is 11.5. The molecule has 0 atom stereocenters. The fraction of sp³-hybridized carbons (Fsp3) is 0.0667. The Balaban J connectivity index is 2.20. The van der Waals surface area contributed by atoms with Crippen molar-refractivity contribution in [3.05, 3.63) is 56.5 Å². The van der Waals surface area contributed by atoms with Crippen LogP contribution in [0, 0.1) is 0 Å². The molecule has 2 rings (SSSR count). The maximum absolute atomic E-state index is 10.9. The van der Waals surface area contributed by atoms with Crippen LogP contribution in [0.1, 0.15) is 15.9 Å². The number of nitrogens with one attached hydrogen (secondary N) is 1. The number of carboxylic acid groups (broad SMARTS) is 1. The van der Waals surface area contributed by atoms with E-state index in [4.69, 9.17) is 9.84 Å². The second kappa shape index (κ2) is 7.42. The number of carbonyl (C=O) groups is 1. The molecule has 0 saturated carbocycles. The number of benzene rings is 2. The molecule has 114 valence electrons. The summed E-state index contributed by atoms with van der Waals surface area (Å²) in [7, 11) is 1.58. The molecule has 0 radical (unpaired) electrons. The van der Waals surface area contributed by atoms with E-state index in [1.54, 1.807) is 25.5 Å². The first-order valence-electron chi connectivity index (χ1n) is 6.16. The van der Waals surface area contributed by atoms with E-state index in [-0.39, 0.29) is 5.56 Å². The van der Waals surface area contributed by atoms with E-state index in [2.05, 4.69) is 42.4 Å². The van der Waals surface area contributed by atoms with E-state index in [1.807, 2.05) is 12.1 Å². The van der Waals surface area contributed by atoms with E-state index < -0.39 is 5.97 Å². The highest BCUT2D eigenvalue weighted by atomic mass is 79.9. The van der Waals surface area contributed by atoms with Gasteiger partial charge in [-0.15, -0.1) is 0 Å². The van der Waals surface area contributed by atoms with E-state index in [9.17, 15) is 4.79 Å². The van der Waals surface area contributed by atoms with Gasteiger partial charge in [-0.05, 0) is 46.3 Å². The third-order valence-electron chi connectivity index (χ3n) is 2.75. The Labute approximate surface area is 144 Å². The summed E-state index contributed by atoms with van der Waals surface area (Å²) < 4.78 is 7.01. The highest BCUT2D eigenvalue weighted by Crippen LogP contribution is 2.31. The Bertz CT molecular complexity index is 733. The number of methoxy groups -OCH3 is 1. The van der Waals surface area contributed by atoms with Crippen LogP contribution in [0.15, 0.2) is 50.4 Å². The zero-order valence-corrected chi connectivity index (χ0v) is 14.7. The lowest BCUT2D eigenvalue weighted by atomic mass is 10.2. The Hall–Kier alpha value is -1.86. The lowest BCUT2D eigenvalue weighted by Crippen LogP contribution is -1.98. The van der Waals surface area contributed by atoms with Crippen LogP contribution in [-0.2, 0) is 0 Å². The monoisotopic (exact) mass is 426 g/mol. The molecular weight excluding hydrogens is 416 g/mol. The third-order valence-corrected chi connectivity index (χ3v) is 3.79. The molecule has 0 amide bonds. The van der Waals surface area contributed by atoms with E-state index in [0.717, 1.165) is 14.5 Å². The molecule has 0 spiro atoms. The van der Waals surface area contributed by atoms with Crippen molar-refractivity contribution in [2.75, 3.05) is 12.5 Å². The van der Waals surface area contributed by atoms with Gasteiger partial charge >= 0.3 is 5.97 Å². The van der Waals surface area contributed by atoms with E-state index >= 15 is 0 Å². The second-order valence-corrected chi connectivity index (χ2v) is 6.04. The Morgan fingerprint density at radius 1 is 1.32 bits per heavy atom. The largest absolute Gasteiger partial charge is 0.495 e. The van der Waals surface area contributed by atoms with Gasteiger partial charge in [0.1, 0.15) is 5.75 Å². The van der Waals surface area contributed by atoms with Gasteiger partial charge in [0.15, 0.2) is 0 Å². The number of halogens is 2. The molecule has 2 aromatic rings. The molecule has 0 heterocycles. The maximum atomic E-state index is 10.9. The number of hydrazone groups is 1. The second-order valence-electron chi connectivity index (χ2n) is 4.27. The molecule has 0 unspecified atom stereocenters. The first-order chi connectivity index (χ1) is 10.5. The van der Waals surface area contributed by atoms with Crippen molar-refractivity contribution in [1.29, 1.82) is 0 Å². The summed E-state index contributed by atoms with van der Waals surface area (Å²) >= 11 is 6.82. The molecule has 0 aliphatic carbocycles. The molecule has 2 N–H and O–H groups in total. The van der Waals surface area contributed by atoms with E-state index in [1.165, 1.54) is 12.1 Å². The topological polar surface area (TPSA) is 70.9 Å². The number of anilines is 1. The Kier molecular flexibility index (Phi) is 5.57. The van der Waals surface area contributed by atoms with Gasteiger partial charge in [-0.3, -0.25) is 5.43 Å². The normalized spacial score (nSPS) is 10.7. The minimum atomic E-state index is -0.981. The summed E-state index contributed by atoms with van der Waals surface area (Å²) in [5.41, 5.74) is 4.35. The molecule has 0 aliphatic heterocycles. The first kappa shape index (κ1) is 16.5. The van der Waals surface area contributed by atoms with Gasteiger partial charge in [0.25, 0.3) is 0 Å². The van der Waals surface area contributed by atoms with Crippen LogP contribution in [0.3, 0.4) is 0 Å². The van der Waals surface area contributed by atoms with Gasteiger partial charge < -0.3 is 9.84 Å². The summed E-state index contributed by atoms with van der Waals surface area (Å²) in [5.74, 6) is -0.321. The molecule has 22 heavy (non-hydrogen) atoms. The standard InChI is InChI=1S/C15H12Br2N2O3/c1-22-14-10(5-11(16)7-13(14)17)8-18-19-12-4-2-3-9(6-12)15(20)21/h2-8,19H,1H3,(H,20,21)/b18-8+. The molecular formula is C15H12Br2N2O3. The molecule has 2 aromatic carbocycles. The fourth-order valence-corrected chi connectivity index (χ4v) is 3.21. The molecule has 5 nitrogen and oxygen atoms in total. The molecule has 0 aliphatic rings. The summed E-state index contributed by atoms with van der Waals surface area (Å²) in [4.78, 5) is 10.9. The van der Waals surface area contributed by atoms with Crippen molar-refractivity contribution in [3.63, 3.8) is 0 Å². The van der Waals surface area contributed by atoms with Crippen molar-refractivity contribution < 1.29 is 14.6 Å². The Morgan fingerprint density at radius 2 is 2.09 bits per heavy atom. The predicted molar refractivity (Wildman–Crippen MR) is 93.0 cm³/mol. The number of ether oxygens (including phenoxy) is 1. The summed E-state index contributed by atoms with van der Waals surface area (Å²) in [6.07, 6.45) is 1.60. The highest BCUT2D eigenvalue weighted by Gasteiger charge is 2.07. The molecule has 7 heteroatoms. The van der Waals surface area contributed by atoms with Gasteiger partial charge in [0.2, 0.25) is 0 Å². The van der Waals surface area contributed by atoms with Crippen molar-refractivity contribution in [3.8, 4) is 5.75 Å². The lowest BCUT2D eigenvalue weighted by Gasteiger charge is -2.08. The average Bonchev–Trinajstić information content (AvgIpc) is 2.47. The van der Waals surface area contributed by atoms with Crippen LogP contribution in [0.5, 0.6) is 5.75 Å². The van der Waals surface area contributed by atoms with E-state index in [0.29, 0.717) is 11.4 Å². The molecule has 0 saturated heterocycles. The third kappa shape index (κ3) is 4.08. The van der Waals surface area contributed by atoms with Crippen molar-refractivity contribution in [2.45, 2.75) is 0 Å². The van der Waals surface area contributed by atoms with Crippen molar-refractivity contribution >= 4 is 49.7 Å². The summed E-state index contributed by atoms with van der Waals surface area (Å²) in [6.45, 7) is 0. The number of hydrogen-bond acceptors (Lipinski definition) is 4. The van der Waals surface area contributed by atoms with Gasteiger partial charge in [0.05, 0.1) is 29.0 Å². The average molecular weight is 428 g/mol. The van der Waals surface area contributed by atoms with Crippen LogP contribution >= 0.6 is 31.9 Å². The first-order valence-corrected chi connectivity index (χ1v) is 7.75. The quantitative estimate of drug-likeness (QED) is 0.549. The fourth-order valence-electron chi connectivity index (χ4n) is 1.79. The van der Waals surface area contributed by atoms with Crippen molar-refractivity contribution in [1.82, 2.24) is 0 Å². The minimum absolute atomic E-state index is 0.197. The SMILES string of the molecule is COc1c(Br)cc(Br)cc1/C=N/Nc1cccc(C(=O)O)c1. The minimum Gasteiger partial charge on any atom is -0.495 e. The Morgan fingerprint density at radius 3 is 2.77 bits per heavy atom. The predicted octanol–water partition coefficient (Wildman–Crippen LogP) is 4.36. The van der Waals surface area contributed by atoms with Gasteiger partial charge in [0, 0.05) is 10.0 Å². The maximum Gasteiger partial charge on any atom is 0.335 e. The van der Waals surface area contributed by atoms with Gasteiger partial charge in [-0.2, -0.15) is 5.10 Å². The smallest absolute Gasteiger partial charge is 0.335 e. The zero-order chi connectivity index (χ0) is 16.1. The van der Waals surface area contributed by atoms with Crippen LogP contribution < -0.4 is 10.2 Å². The molecule has 0 aromatic heterocycles. The summed E-state index contributed by atoms with van der Waals surface area (Å²) in [5, 5.41) is 13.1. The van der Waals surface area contributed by atoms with Gasteiger partial charge in [-0.1, -0.05) is 22.0 Å². The van der Waals surface area contributed by atoms with Crippen molar-refractivity contribution in [2.24, 2.45) is 5.10 Å². The highest BCUT2D eigenvalue weighted by molar-refractivity contribution is 9.11. The summed E-state index contributed by atoms with van der Waals surface area (Å²) in [6, 6.07) is 10.2. The lowest BCUT2D eigenvalue weighted by molar-refractivity contribution is 0.0697. The number of aromatic carboxylic acids is 1. The van der Waals surface area contributed by atoms with Crippen LogP contribution in [-0.4, -0.2) is 24.4 Å². The molecule has 0 fully saturated rings.